The quantitative estimate of drug-likeness (QED) is 0.782. The molecule has 1 aromatic heterocycles. The van der Waals surface area contributed by atoms with Gasteiger partial charge in [-0.25, -0.2) is 4.98 Å². The maximum atomic E-state index is 9.66. The molecule has 1 rings (SSSR count). The van der Waals surface area contributed by atoms with Crippen LogP contribution in [-0.2, 0) is 0 Å². The van der Waals surface area contributed by atoms with Crippen LogP contribution in [0.25, 0.3) is 0 Å². The Bertz CT molecular complexity index is 312. The first kappa shape index (κ1) is 12.0. The van der Waals surface area contributed by atoms with E-state index >= 15 is 0 Å². The maximum Gasteiger partial charge on any atom is 0.128 e. The molecule has 1 heterocycles. The van der Waals surface area contributed by atoms with Crippen LogP contribution >= 0.6 is 0 Å². The fraction of sp³-hybridized carbons (Fsp3) is 0.583. The number of hydrogen-bond donors (Lipinski definition) is 2. The Morgan fingerprint density at radius 1 is 1.47 bits per heavy atom. The number of anilines is 1. The van der Waals surface area contributed by atoms with E-state index in [1.165, 1.54) is 0 Å². The van der Waals surface area contributed by atoms with Gasteiger partial charge in [-0.15, -0.1) is 0 Å². The smallest absolute Gasteiger partial charge is 0.128 e. The summed E-state index contributed by atoms with van der Waals surface area (Å²) in [5.74, 6) is 0.920. The van der Waals surface area contributed by atoms with Gasteiger partial charge in [0.2, 0.25) is 0 Å². The van der Waals surface area contributed by atoms with Gasteiger partial charge in [0.05, 0.1) is 6.10 Å². The number of rotatable bonds is 5. The lowest BCUT2D eigenvalue weighted by Gasteiger charge is -2.12. The molecule has 3 nitrogen and oxygen atoms in total. The third kappa shape index (κ3) is 3.20. The molecular formula is C12H20N2O. The average Bonchev–Trinajstić information content (AvgIpc) is 2.26. The van der Waals surface area contributed by atoms with Crippen molar-refractivity contribution in [1.82, 2.24) is 4.98 Å². The van der Waals surface area contributed by atoms with Crippen molar-refractivity contribution in [1.29, 1.82) is 0 Å². The van der Waals surface area contributed by atoms with Crippen molar-refractivity contribution in [3.8, 4) is 0 Å². The Morgan fingerprint density at radius 2 is 2.20 bits per heavy atom. The predicted molar refractivity (Wildman–Crippen MR) is 63.0 cm³/mol. The van der Waals surface area contributed by atoms with Gasteiger partial charge in [0.1, 0.15) is 5.82 Å². The van der Waals surface area contributed by atoms with E-state index in [0.717, 1.165) is 36.3 Å². The van der Waals surface area contributed by atoms with E-state index in [1.54, 1.807) is 6.20 Å². The third-order valence-electron chi connectivity index (χ3n) is 2.41. The standard InChI is InChI=1S/C12H20N2O/c1-4-6-13-12-9(3)7-10(8-14-12)11(15)5-2/h7-8,11,15H,4-6H2,1-3H3,(H,13,14). The summed E-state index contributed by atoms with van der Waals surface area (Å²) in [4.78, 5) is 4.31. The van der Waals surface area contributed by atoms with Gasteiger partial charge in [-0.3, -0.25) is 0 Å². The average molecular weight is 208 g/mol. The summed E-state index contributed by atoms with van der Waals surface area (Å²) in [6.45, 7) is 7.03. The second-order valence-electron chi connectivity index (χ2n) is 3.78. The maximum absolute atomic E-state index is 9.66. The highest BCUT2D eigenvalue weighted by Gasteiger charge is 2.07. The number of hydrogen-bond acceptors (Lipinski definition) is 3. The van der Waals surface area contributed by atoms with Gasteiger partial charge in [-0.05, 0) is 37.0 Å². The molecule has 1 unspecified atom stereocenters. The molecule has 1 aromatic rings. The fourth-order valence-corrected chi connectivity index (χ4v) is 1.44. The van der Waals surface area contributed by atoms with E-state index in [4.69, 9.17) is 0 Å². The lowest BCUT2D eigenvalue weighted by atomic mass is 10.1. The van der Waals surface area contributed by atoms with Gasteiger partial charge in [-0.2, -0.15) is 0 Å². The first-order chi connectivity index (χ1) is 7.19. The van der Waals surface area contributed by atoms with E-state index in [1.807, 2.05) is 19.9 Å². The SMILES string of the molecule is CCCNc1ncc(C(O)CC)cc1C. The highest BCUT2D eigenvalue weighted by Crippen LogP contribution is 2.19. The van der Waals surface area contributed by atoms with Crippen molar-refractivity contribution >= 4 is 5.82 Å². The van der Waals surface area contributed by atoms with Crippen LogP contribution in [0.3, 0.4) is 0 Å². The van der Waals surface area contributed by atoms with Crippen molar-refractivity contribution in [2.75, 3.05) is 11.9 Å². The second-order valence-corrected chi connectivity index (χ2v) is 3.78. The van der Waals surface area contributed by atoms with Crippen molar-refractivity contribution in [2.24, 2.45) is 0 Å². The zero-order valence-corrected chi connectivity index (χ0v) is 9.75. The molecule has 0 radical (unpaired) electrons. The van der Waals surface area contributed by atoms with Crippen molar-refractivity contribution < 1.29 is 5.11 Å². The van der Waals surface area contributed by atoms with Gasteiger partial charge in [0.25, 0.3) is 0 Å². The van der Waals surface area contributed by atoms with E-state index in [9.17, 15) is 5.11 Å². The summed E-state index contributed by atoms with van der Waals surface area (Å²) in [6, 6.07) is 2.00. The van der Waals surface area contributed by atoms with Crippen LogP contribution in [0.2, 0.25) is 0 Å². The minimum absolute atomic E-state index is 0.392. The number of aromatic nitrogens is 1. The molecule has 0 saturated heterocycles. The molecule has 0 aliphatic rings. The molecule has 0 aliphatic heterocycles. The molecule has 0 fully saturated rings. The molecule has 2 N–H and O–H groups in total. The molecular weight excluding hydrogens is 188 g/mol. The second kappa shape index (κ2) is 5.71. The molecule has 0 amide bonds. The number of aryl methyl sites for hydroxylation is 1. The van der Waals surface area contributed by atoms with Gasteiger partial charge < -0.3 is 10.4 Å². The predicted octanol–water partition coefficient (Wildman–Crippen LogP) is 2.66. The molecule has 3 heteroatoms. The summed E-state index contributed by atoms with van der Waals surface area (Å²) in [6.07, 6.45) is 3.17. The number of nitrogens with zero attached hydrogens (tertiary/aromatic N) is 1. The van der Waals surface area contributed by atoms with Crippen molar-refractivity contribution in [3.63, 3.8) is 0 Å². The van der Waals surface area contributed by atoms with Crippen LogP contribution in [-0.4, -0.2) is 16.6 Å². The van der Waals surface area contributed by atoms with Crippen molar-refractivity contribution in [2.45, 2.75) is 39.7 Å². The van der Waals surface area contributed by atoms with Crippen LogP contribution in [0.1, 0.15) is 43.9 Å². The number of aliphatic hydroxyl groups is 1. The summed E-state index contributed by atoms with van der Waals surface area (Å²) >= 11 is 0. The molecule has 0 aromatic carbocycles. The van der Waals surface area contributed by atoms with Gasteiger partial charge in [0, 0.05) is 12.7 Å². The first-order valence-corrected chi connectivity index (χ1v) is 5.57. The molecule has 84 valence electrons. The van der Waals surface area contributed by atoms with E-state index in [0.29, 0.717) is 0 Å². The first-order valence-electron chi connectivity index (χ1n) is 5.57. The Labute approximate surface area is 91.5 Å². The monoisotopic (exact) mass is 208 g/mol. The highest BCUT2D eigenvalue weighted by molar-refractivity contribution is 5.44. The van der Waals surface area contributed by atoms with E-state index in [2.05, 4.69) is 17.2 Å². The third-order valence-corrected chi connectivity index (χ3v) is 2.41. The number of aliphatic hydroxyl groups excluding tert-OH is 1. The molecule has 0 aliphatic carbocycles. The van der Waals surface area contributed by atoms with Gasteiger partial charge in [0.15, 0.2) is 0 Å². The Kier molecular flexibility index (Phi) is 4.56. The Hall–Kier alpha value is -1.09. The van der Waals surface area contributed by atoms with Crippen LogP contribution < -0.4 is 5.32 Å². The molecule has 15 heavy (non-hydrogen) atoms. The van der Waals surface area contributed by atoms with Crippen LogP contribution in [0.15, 0.2) is 12.3 Å². The largest absolute Gasteiger partial charge is 0.388 e. The zero-order chi connectivity index (χ0) is 11.3. The van der Waals surface area contributed by atoms with E-state index < -0.39 is 6.10 Å². The Balaban J connectivity index is 2.78. The number of nitrogens with one attached hydrogen (secondary N) is 1. The van der Waals surface area contributed by atoms with Gasteiger partial charge in [-0.1, -0.05) is 13.8 Å². The summed E-state index contributed by atoms with van der Waals surface area (Å²) in [5.41, 5.74) is 1.99. The fourth-order valence-electron chi connectivity index (χ4n) is 1.44. The van der Waals surface area contributed by atoms with Crippen LogP contribution in [0, 0.1) is 6.92 Å². The Morgan fingerprint density at radius 3 is 2.73 bits per heavy atom. The normalized spacial score (nSPS) is 12.5. The summed E-state index contributed by atoms with van der Waals surface area (Å²) in [5, 5.41) is 12.9. The van der Waals surface area contributed by atoms with Gasteiger partial charge >= 0.3 is 0 Å². The number of pyridine rings is 1. The zero-order valence-electron chi connectivity index (χ0n) is 9.75. The summed E-state index contributed by atoms with van der Waals surface area (Å²) < 4.78 is 0. The summed E-state index contributed by atoms with van der Waals surface area (Å²) in [7, 11) is 0. The molecule has 0 spiro atoms. The topological polar surface area (TPSA) is 45.2 Å². The lowest BCUT2D eigenvalue weighted by molar-refractivity contribution is 0.173. The molecule has 0 bridgehead atoms. The highest BCUT2D eigenvalue weighted by atomic mass is 16.3. The molecule has 0 saturated carbocycles. The van der Waals surface area contributed by atoms with Crippen LogP contribution in [0.4, 0.5) is 5.82 Å². The van der Waals surface area contributed by atoms with Crippen molar-refractivity contribution in [3.05, 3.63) is 23.4 Å². The molecule has 1 atom stereocenters. The lowest BCUT2D eigenvalue weighted by Crippen LogP contribution is -2.05. The van der Waals surface area contributed by atoms with Crippen LogP contribution in [0.5, 0.6) is 0 Å². The van der Waals surface area contributed by atoms with E-state index in [-0.39, 0.29) is 0 Å². The minimum atomic E-state index is -0.392. The minimum Gasteiger partial charge on any atom is -0.388 e.